The summed E-state index contributed by atoms with van der Waals surface area (Å²) < 4.78 is 0. The van der Waals surface area contributed by atoms with Crippen LogP contribution in [-0.2, 0) is 11.8 Å². The molecule has 1 unspecified atom stereocenters. The number of rotatable bonds is 0. The van der Waals surface area contributed by atoms with Gasteiger partial charge in [0.05, 0.1) is 5.41 Å². The van der Waals surface area contributed by atoms with Gasteiger partial charge in [0, 0.05) is 5.92 Å². The topological polar surface area (TPSA) is 0 Å². The molecule has 0 saturated heterocycles. The molecule has 0 amide bonds. The Kier molecular flexibility index (Phi) is 3.80. The average Bonchev–Trinajstić information content (AvgIpc) is 3.28. The molecule has 8 rings (SSSR count). The molecule has 0 nitrogen and oxygen atoms in total. The molecule has 164 valence electrons. The predicted molar refractivity (Wildman–Crippen MR) is 146 cm³/mol. The van der Waals surface area contributed by atoms with E-state index in [4.69, 9.17) is 0 Å². The lowest BCUT2D eigenvalue weighted by atomic mass is 9.66. The summed E-state index contributed by atoms with van der Waals surface area (Å²) in [7, 11) is 0. The summed E-state index contributed by atoms with van der Waals surface area (Å²) in [5.74, 6) is 0.480. The molecule has 0 heterocycles. The van der Waals surface area contributed by atoms with Crippen LogP contribution < -0.4 is 0 Å². The number of fused-ring (bicyclic) bond motifs is 12. The lowest BCUT2D eigenvalue weighted by Gasteiger charge is -2.36. The predicted octanol–water partition coefficient (Wildman–Crippen LogP) is 8.38. The lowest BCUT2D eigenvalue weighted by molar-refractivity contribution is 0.743. The van der Waals surface area contributed by atoms with Gasteiger partial charge in [0.2, 0.25) is 0 Å². The van der Waals surface area contributed by atoms with Crippen LogP contribution in [0.2, 0.25) is 0 Å². The third-order valence-electron chi connectivity index (χ3n) is 8.41. The molecular weight excluding hydrogens is 420 g/mol. The van der Waals surface area contributed by atoms with E-state index in [1.54, 1.807) is 0 Å². The quantitative estimate of drug-likeness (QED) is 0.255. The van der Waals surface area contributed by atoms with Gasteiger partial charge in [0.1, 0.15) is 0 Å². The highest BCUT2D eigenvalue weighted by atomic mass is 14.5. The van der Waals surface area contributed by atoms with E-state index in [0.29, 0.717) is 5.92 Å². The molecule has 1 atom stereocenters. The van der Waals surface area contributed by atoms with Gasteiger partial charge in [-0.25, -0.2) is 0 Å². The van der Waals surface area contributed by atoms with E-state index in [1.165, 1.54) is 61.2 Å². The molecule has 0 bridgehead atoms. The zero-order valence-electron chi connectivity index (χ0n) is 19.4. The molecule has 0 fully saturated rings. The van der Waals surface area contributed by atoms with Gasteiger partial charge in [-0.3, -0.25) is 0 Å². The summed E-state index contributed by atoms with van der Waals surface area (Å²) in [5.41, 5.74) is 14.8. The smallest absolute Gasteiger partial charge is 0.0659 e. The van der Waals surface area contributed by atoms with Gasteiger partial charge in [0.15, 0.2) is 0 Å². The summed E-state index contributed by atoms with van der Waals surface area (Å²) in [6.07, 6.45) is 17.4. The molecular formula is C35H24. The Hall–Kier alpha value is -4.16. The normalized spacial score (nSPS) is 19.1. The van der Waals surface area contributed by atoms with Crippen molar-refractivity contribution in [2.75, 3.05) is 0 Å². The highest BCUT2D eigenvalue weighted by molar-refractivity contribution is 5.95. The van der Waals surface area contributed by atoms with Crippen LogP contribution in [0, 0.1) is 5.92 Å². The molecule has 4 aliphatic carbocycles. The summed E-state index contributed by atoms with van der Waals surface area (Å²) in [5, 5.41) is 0. The summed E-state index contributed by atoms with van der Waals surface area (Å²) in [4.78, 5) is 0. The minimum atomic E-state index is -0.328. The van der Waals surface area contributed by atoms with Crippen molar-refractivity contribution in [1.29, 1.82) is 0 Å². The number of hydrogen-bond donors (Lipinski definition) is 0. The molecule has 0 aromatic heterocycles. The summed E-state index contributed by atoms with van der Waals surface area (Å²) >= 11 is 0. The van der Waals surface area contributed by atoms with Crippen molar-refractivity contribution in [3.05, 3.63) is 154 Å². The summed E-state index contributed by atoms with van der Waals surface area (Å²) in [6, 6.07) is 31.8. The fourth-order valence-electron chi connectivity index (χ4n) is 6.91. The molecule has 0 radical (unpaired) electrons. The Labute approximate surface area is 206 Å². The third kappa shape index (κ3) is 2.47. The SMILES string of the molecule is C1=CC2=Cc3c(ccc4c3C3(C=C4)c4ccccc4-c4ccccc4-c4ccccc43)CC2C=C1. The molecule has 4 aliphatic rings. The Morgan fingerprint density at radius 3 is 2.00 bits per heavy atom. The first kappa shape index (κ1) is 19.2. The maximum Gasteiger partial charge on any atom is 0.0659 e. The van der Waals surface area contributed by atoms with E-state index >= 15 is 0 Å². The maximum absolute atomic E-state index is 2.47. The van der Waals surface area contributed by atoms with Gasteiger partial charge in [-0.1, -0.05) is 127 Å². The molecule has 0 heteroatoms. The Balaban J connectivity index is 1.53. The first-order valence-corrected chi connectivity index (χ1v) is 12.6. The van der Waals surface area contributed by atoms with E-state index in [0.717, 1.165) is 6.42 Å². The van der Waals surface area contributed by atoms with E-state index in [1.807, 2.05) is 0 Å². The largest absolute Gasteiger partial charge is 0.0767 e. The van der Waals surface area contributed by atoms with Crippen molar-refractivity contribution in [2.45, 2.75) is 11.8 Å². The zero-order chi connectivity index (χ0) is 23.0. The highest BCUT2D eigenvalue weighted by Gasteiger charge is 2.45. The van der Waals surface area contributed by atoms with Gasteiger partial charge in [-0.2, -0.15) is 0 Å². The van der Waals surface area contributed by atoms with Gasteiger partial charge in [-0.05, 0) is 67.6 Å². The highest BCUT2D eigenvalue weighted by Crippen LogP contribution is 2.57. The third-order valence-corrected chi connectivity index (χ3v) is 8.41. The molecule has 4 aromatic carbocycles. The first-order chi connectivity index (χ1) is 17.3. The van der Waals surface area contributed by atoms with Crippen molar-refractivity contribution in [3.63, 3.8) is 0 Å². The fraction of sp³-hybridized carbons (Fsp3) is 0.0857. The van der Waals surface area contributed by atoms with E-state index in [2.05, 4.69) is 127 Å². The molecule has 1 spiro atoms. The van der Waals surface area contributed by atoms with Crippen LogP contribution in [0.15, 0.2) is 121 Å². The van der Waals surface area contributed by atoms with Gasteiger partial charge in [0.25, 0.3) is 0 Å². The second-order valence-electron chi connectivity index (χ2n) is 10.1. The van der Waals surface area contributed by atoms with Crippen molar-refractivity contribution in [1.82, 2.24) is 0 Å². The molecule has 35 heavy (non-hydrogen) atoms. The zero-order valence-corrected chi connectivity index (χ0v) is 19.4. The number of hydrogen-bond acceptors (Lipinski definition) is 0. The number of allylic oxidation sites excluding steroid dienone is 6. The fourth-order valence-corrected chi connectivity index (χ4v) is 6.91. The first-order valence-electron chi connectivity index (χ1n) is 12.6. The van der Waals surface area contributed by atoms with Crippen LogP contribution in [0.1, 0.15) is 33.4 Å². The molecule has 0 aliphatic heterocycles. The standard InChI is InChI=1S/C35H24/c1-2-10-25-22-31-26(21-24(25)9-1)18-17-23-19-20-35(34(23)31)32-15-7-5-13-29(32)27-11-3-4-12-28(27)30-14-6-8-16-33(30)35/h1-20,22,24H,21H2. The lowest BCUT2D eigenvalue weighted by Crippen LogP contribution is -2.28. The molecule has 4 aromatic rings. The van der Waals surface area contributed by atoms with Crippen LogP contribution in [0.4, 0.5) is 0 Å². The van der Waals surface area contributed by atoms with Crippen molar-refractivity contribution < 1.29 is 0 Å². The van der Waals surface area contributed by atoms with Gasteiger partial charge in [-0.15, -0.1) is 0 Å². The van der Waals surface area contributed by atoms with Crippen LogP contribution in [0.3, 0.4) is 0 Å². The van der Waals surface area contributed by atoms with Crippen LogP contribution in [-0.4, -0.2) is 0 Å². The van der Waals surface area contributed by atoms with Crippen molar-refractivity contribution in [3.8, 4) is 22.3 Å². The van der Waals surface area contributed by atoms with E-state index in [-0.39, 0.29) is 5.41 Å². The molecule has 0 N–H and O–H groups in total. The van der Waals surface area contributed by atoms with E-state index < -0.39 is 0 Å². The Morgan fingerprint density at radius 1 is 0.629 bits per heavy atom. The van der Waals surface area contributed by atoms with Gasteiger partial charge >= 0.3 is 0 Å². The van der Waals surface area contributed by atoms with E-state index in [9.17, 15) is 0 Å². The van der Waals surface area contributed by atoms with Crippen LogP contribution >= 0.6 is 0 Å². The maximum atomic E-state index is 2.47. The Morgan fingerprint density at radius 2 is 1.29 bits per heavy atom. The summed E-state index contributed by atoms with van der Waals surface area (Å²) in [6.45, 7) is 0. The van der Waals surface area contributed by atoms with Crippen LogP contribution in [0.25, 0.3) is 34.4 Å². The monoisotopic (exact) mass is 444 g/mol. The second kappa shape index (κ2) is 6.93. The minimum absolute atomic E-state index is 0.328. The minimum Gasteiger partial charge on any atom is -0.0767 e. The average molecular weight is 445 g/mol. The van der Waals surface area contributed by atoms with Crippen molar-refractivity contribution >= 4 is 12.2 Å². The van der Waals surface area contributed by atoms with Crippen molar-refractivity contribution in [2.24, 2.45) is 5.92 Å². The Bertz CT molecular complexity index is 1600. The second-order valence-corrected chi connectivity index (χ2v) is 10.1. The van der Waals surface area contributed by atoms with Crippen LogP contribution in [0.5, 0.6) is 0 Å². The van der Waals surface area contributed by atoms with Gasteiger partial charge < -0.3 is 0 Å². The molecule has 0 saturated carbocycles. The number of benzene rings is 4.